The second-order valence-electron chi connectivity index (χ2n) is 6.81. The number of nitrogens with zero attached hydrogens (tertiary/aromatic N) is 3. The highest BCUT2D eigenvalue weighted by Crippen LogP contribution is 2.31. The topological polar surface area (TPSA) is 64.5 Å². The third-order valence-electron chi connectivity index (χ3n) is 4.82. The van der Waals surface area contributed by atoms with Gasteiger partial charge in [0, 0.05) is 25.3 Å². The summed E-state index contributed by atoms with van der Waals surface area (Å²) in [6.07, 6.45) is 4.60. The van der Waals surface area contributed by atoms with E-state index in [0.717, 1.165) is 49.2 Å². The molecule has 0 saturated carbocycles. The molecule has 3 rings (SSSR count). The summed E-state index contributed by atoms with van der Waals surface area (Å²) in [5.41, 5.74) is 3.18. The molecule has 1 aromatic heterocycles. The first kappa shape index (κ1) is 19.3. The van der Waals surface area contributed by atoms with Gasteiger partial charge in [-0.15, -0.1) is 0 Å². The predicted molar refractivity (Wildman–Crippen MR) is 104 cm³/mol. The zero-order chi connectivity index (χ0) is 19.2. The molecule has 2 heterocycles. The molecule has 1 aliphatic rings. The van der Waals surface area contributed by atoms with E-state index >= 15 is 0 Å². The van der Waals surface area contributed by atoms with Crippen LogP contribution < -0.4 is 4.74 Å². The average Bonchev–Trinajstić information content (AvgIpc) is 2.71. The minimum Gasteiger partial charge on any atom is -0.480 e. The summed E-state index contributed by atoms with van der Waals surface area (Å²) in [7, 11) is 1.59. The Labute approximate surface area is 160 Å². The maximum Gasteiger partial charge on any atom is 0.253 e. The molecule has 1 aromatic carbocycles. The van der Waals surface area contributed by atoms with Gasteiger partial charge in [0.05, 0.1) is 24.5 Å². The van der Waals surface area contributed by atoms with Crippen molar-refractivity contribution in [3.63, 3.8) is 0 Å². The molecule has 0 bridgehead atoms. The number of rotatable bonds is 6. The minimum atomic E-state index is 0.0371. The van der Waals surface area contributed by atoms with Gasteiger partial charge in [-0.05, 0) is 43.9 Å². The van der Waals surface area contributed by atoms with Crippen molar-refractivity contribution in [1.82, 2.24) is 14.9 Å². The maximum absolute atomic E-state index is 13.0. The molecule has 1 aliphatic heterocycles. The SMILES string of the molecule is CCCO[C@H]1CCCN(C(=O)c2cccc(-c3c(C)ncnc3OC)c2)C1. The summed E-state index contributed by atoms with van der Waals surface area (Å²) in [4.78, 5) is 23.4. The van der Waals surface area contributed by atoms with Crippen molar-refractivity contribution in [2.75, 3.05) is 26.8 Å². The Morgan fingerprint density at radius 3 is 2.96 bits per heavy atom. The third-order valence-corrected chi connectivity index (χ3v) is 4.82. The number of hydrogen-bond acceptors (Lipinski definition) is 5. The molecule has 1 amide bonds. The van der Waals surface area contributed by atoms with Crippen LogP contribution in [0.25, 0.3) is 11.1 Å². The monoisotopic (exact) mass is 369 g/mol. The summed E-state index contributed by atoms with van der Waals surface area (Å²) in [5, 5.41) is 0. The number of benzene rings is 1. The van der Waals surface area contributed by atoms with Gasteiger partial charge < -0.3 is 14.4 Å². The molecule has 0 aliphatic carbocycles. The molecule has 1 fully saturated rings. The lowest BCUT2D eigenvalue weighted by molar-refractivity contribution is 0.00211. The average molecular weight is 369 g/mol. The molecule has 144 valence electrons. The number of carbonyl (C=O) groups is 1. The van der Waals surface area contributed by atoms with Gasteiger partial charge in [-0.1, -0.05) is 19.1 Å². The van der Waals surface area contributed by atoms with Crippen LogP contribution in [-0.4, -0.2) is 53.7 Å². The lowest BCUT2D eigenvalue weighted by Crippen LogP contribution is -2.43. The molecule has 27 heavy (non-hydrogen) atoms. The van der Waals surface area contributed by atoms with E-state index in [1.165, 1.54) is 6.33 Å². The van der Waals surface area contributed by atoms with E-state index in [4.69, 9.17) is 9.47 Å². The summed E-state index contributed by atoms with van der Waals surface area (Å²) >= 11 is 0. The van der Waals surface area contributed by atoms with Crippen LogP contribution in [0.3, 0.4) is 0 Å². The second kappa shape index (κ2) is 8.95. The molecule has 6 heteroatoms. The number of aromatic nitrogens is 2. The van der Waals surface area contributed by atoms with Gasteiger partial charge in [-0.2, -0.15) is 0 Å². The Kier molecular flexibility index (Phi) is 6.40. The number of likely N-dealkylation sites (tertiary alicyclic amines) is 1. The van der Waals surface area contributed by atoms with Gasteiger partial charge in [0.15, 0.2) is 0 Å². The lowest BCUT2D eigenvalue weighted by Gasteiger charge is -2.32. The van der Waals surface area contributed by atoms with Crippen LogP contribution in [0.4, 0.5) is 0 Å². The molecule has 0 unspecified atom stereocenters. The number of amides is 1. The Morgan fingerprint density at radius 1 is 1.33 bits per heavy atom. The van der Waals surface area contributed by atoms with Crippen molar-refractivity contribution >= 4 is 5.91 Å². The predicted octanol–water partition coefficient (Wildman–Crippen LogP) is 3.49. The first-order chi connectivity index (χ1) is 13.1. The van der Waals surface area contributed by atoms with Gasteiger partial charge in [-0.3, -0.25) is 4.79 Å². The second-order valence-corrected chi connectivity index (χ2v) is 6.81. The van der Waals surface area contributed by atoms with Gasteiger partial charge in [0.1, 0.15) is 6.33 Å². The van der Waals surface area contributed by atoms with E-state index in [2.05, 4.69) is 16.9 Å². The Morgan fingerprint density at radius 2 is 2.19 bits per heavy atom. The maximum atomic E-state index is 13.0. The first-order valence-electron chi connectivity index (χ1n) is 9.51. The fraction of sp³-hybridized carbons (Fsp3) is 0.476. The van der Waals surface area contributed by atoms with Gasteiger partial charge in [0.2, 0.25) is 5.88 Å². The molecule has 6 nitrogen and oxygen atoms in total. The van der Waals surface area contributed by atoms with Crippen LogP contribution in [-0.2, 0) is 4.74 Å². The van der Waals surface area contributed by atoms with Crippen LogP contribution in [0.2, 0.25) is 0 Å². The van der Waals surface area contributed by atoms with Crippen molar-refractivity contribution < 1.29 is 14.3 Å². The Bertz CT molecular complexity index is 794. The summed E-state index contributed by atoms with van der Waals surface area (Å²) in [6.45, 7) is 6.18. The zero-order valence-corrected chi connectivity index (χ0v) is 16.3. The fourth-order valence-corrected chi connectivity index (χ4v) is 3.47. The van der Waals surface area contributed by atoms with Crippen molar-refractivity contribution in [2.45, 2.75) is 39.2 Å². The van der Waals surface area contributed by atoms with Crippen molar-refractivity contribution in [2.24, 2.45) is 0 Å². The molecule has 1 saturated heterocycles. The number of aryl methyl sites for hydroxylation is 1. The fourth-order valence-electron chi connectivity index (χ4n) is 3.47. The van der Waals surface area contributed by atoms with Crippen molar-refractivity contribution in [3.8, 4) is 17.0 Å². The normalized spacial score (nSPS) is 17.0. The number of hydrogen-bond donors (Lipinski definition) is 0. The number of methoxy groups -OCH3 is 1. The highest BCUT2D eigenvalue weighted by atomic mass is 16.5. The molecule has 1 atom stereocenters. The summed E-state index contributed by atoms with van der Waals surface area (Å²) in [5.74, 6) is 0.549. The van der Waals surface area contributed by atoms with Gasteiger partial charge in [0.25, 0.3) is 5.91 Å². The number of ether oxygens (including phenoxy) is 2. The molecule has 0 spiro atoms. The highest BCUT2D eigenvalue weighted by molar-refractivity contribution is 5.95. The van der Waals surface area contributed by atoms with E-state index in [-0.39, 0.29) is 12.0 Å². The van der Waals surface area contributed by atoms with E-state index < -0.39 is 0 Å². The Hall–Kier alpha value is -2.47. The van der Waals surface area contributed by atoms with Crippen LogP contribution in [0.1, 0.15) is 42.2 Å². The molecule has 0 radical (unpaired) electrons. The zero-order valence-electron chi connectivity index (χ0n) is 16.3. The van der Waals surface area contributed by atoms with E-state index in [1.807, 2.05) is 36.1 Å². The van der Waals surface area contributed by atoms with E-state index in [0.29, 0.717) is 18.0 Å². The smallest absolute Gasteiger partial charge is 0.253 e. The number of piperidine rings is 1. The van der Waals surface area contributed by atoms with Crippen molar-refractivity contribution in [1.29, 1.82) is 0 Å². The first-order valence-corrected chi connectivity index (χ1v) is 9.51. The summed E-state index contributed by atoms with van der Waals surface area (Å²) in [6, 6.07) is 7.60. The lowest BCUT2D eigenvalue weighted by atomic mass is 10.0. The minimum absolute atomic E-state index is 0.0371. The molecular formula is C21H27N3O3. The Balaban J connectivity index is 1.82. The van der Waals surface area contributed by atoms with Crippen LogP contribution in [0, 0.1) is 6.92 Å². The van der Waals surface area contributed by atoms with Crippen LogP contribution in [0.15, 0.2) is 30.6 Å². The number of carbonyl (C=O) groups excluding carboxylic acids is 1. The van der Waals surface area contributed by atoms with E-state index in [1.54, 1.807) is 7.11 Å². The third kappa shape index (κ3) is 4.45. The van der Waals surface area contributed by atoms with Gasteiger partial charge in [-0.25, -0.2) is 9.97 Å². The standard InChI is InChI=1S/C21H27N3O3/c1-4-11-27-18-9-6-10-24(13-18)21(25)17-8-5-7-16(12-17)19-15(2)22-14-23-20(19)26-3/h5,7-8,12,14,18H,4,6,9-11,13H2,1-3H3/t18-/m0/s1. The van der Waals surface area contributed by atoms with E-state index in [9.17, 15) is 4.79 Å². The largest absolute Gasteiger partial charge is 0.480 e. The quantitative estimate of drug-likeness (QED) is 0.780. The van der Waals surface area contributed by atoms with Gasteiger partial charge >= 0.3 is 0 Å². The van der Waals surface area contributed by atoms with Crippen LogP contribution >= 0.6 is 0 Å². The van der Waals surface area contributed by atoms with Crippen LogP contribution in [0.5, 0.6) is 5.88 Å². The molecule has 0 N–H and O–H groups in total. The molecular weight excluding hydrogens is 342 g/mol. The summed E-state index contributed by atoms with van der Waals surface area (Å²) < 4.78 is 11.2. The highest BCUT2D eigenvalue weighted by Gasteiger charge is 2.25. The molecule has 2 aromatic rings. The van der Waals surface area contributed by atoms with Crippen molar-refractivity contribution in [3.05, 3.63) is 41.9 Å².